The van der Waals surface area contributed by atoms with E-state index in [-0.39, 0.29) is 18.2 Å². The van der Waals surface area contributed by atoms with E-state index in [0.29, 0.717) is 6.54 Å². The number of hydrogen-bond acceptors (Lipinski definition) is 2. The van der Waals surface area contributed by atoms with Crippen molar-refractivity contribution in [1.29, 1.82) is 0 Å². The molecule has 0 saturated carbocycles. The zero-order chi connectivity index (χ0) is 17.6. The normalized spacial score (nSPS) is 11.0. The Morgan fingerprint density at radius 2 is 1.54 bits per heavy atom. The summed E-state index contributed by atoms with van der Waals surface area (Å²) < 4.78 is 0. The van der Waals surface area contributed by atoms with E-state index < -0.39 is 5.41 Å². The maximum absolute atomic E-state index is 12.2. The molecule has 2 rings (SSSR count). The Morgan fingerprint density at radius 1 is 0.917 bits per heavy atom. The third kappa shape index (κ3) is 4.95. The molecular weight excluding hydrogens is 300 g/mol. The molecule has 0 spiro atoms. The highest BCUT2D eigenvalue weighted by Gasteiger charge is 2.20. The monoisotopic (exact) mass is 324 g/mol. The second-order valence-corrected chi connectivity index (χ2v) is 6.72. The second-order valence-electron chi connectivity index (χ2n) is 6.72. The molecule has 0 atom stereocenters. The predicted octanol–water partition coefficient (Wildman–Crippen LogP) is 3.84. The summed E-state index contributed by atoms with van der Waals surface area (Å²) in [4.78, 5) is 24.0. The highest BCUT2D eigenvalue weighted by molar-refractivity contribution is 5.95. The number of rotatable bonds is 5. The van der Waals surface area contributed by atoms with Crippen LogP contribution in [0.3, 0.4) is 0 Å². The van der Waals surface area contributed by atoms with E-state index in [9.17, 15) is 9.59 Å². The summed E-state index contributed by atoms with van der Waals surface area (Å²) >= 11 is 0. The number of anilines is 1. The minimum Gasteiger partial charge on any atom is -0.355 e. The van der Waals surface area contributed by atoms with Crippen molar-refractivity contribution in [2.75, 3.05) is 11.9 Å². The van der Waals surface area contributed by atoms with E-state index in [2.05, 4.69) is 10.6 Å². The van der Waals surface area contributed by atoms with E-state index >= 15 is 0 Å². The third-order valence-electron chi connectivity index (χ3n) is 3.60. The van der Waals surface area contributed by atoms with Crippen molar-refractivity contribution in [2.24, 2.45) is 5.41 Å². The van der Waals surface area contributed by atoms with Gasteiger partial charge in [0.05, 0.1) is 0 Å². The van der Waals surface area contributed by atoms with Gasteiger partial charge in [-0.3, -0.25) is 9.59 Å². The number of benzene rings is 2. The Morgan fingerprint density at radius 3 is 2.21 bits per heavy atom. The minimum absolute atomic E-state index is 0.0556. The van der Waals surface area contributed by atoms with Gasteiger partial charge in [-0.05, 0) is 11.6 Å². The van der Waals surface area contributed by atoms with Gasteiger partial charge in [-0.15, -0.1) is 0 Å². The van der Waals surface area contributed by atoms with Gasteiger partial charge in [0, 0.05) is 29.6 Å². The van der Waals surface area contributed by atoms with Gasteiger partial charge in [-0.1, -0.05) is 69.3 Å². The van der Waals surface area contributed by atoms with Gasteiger partial charge in [0.15, 0.2) is 0 Å². The van der Waals surface area contributed by atoms with Crippen LogP contribution < -0.4 is 10.6 Å². The van der Waals surface area contributed by atoms with Crippen LogP contribution in [0, 0.1) is 5.41 Å². The first-order valence-corrected chi connectivity index (χ1v) is 8.10. The molecule has 126 valence electrons. The van der Waals surface area contributed by atoms with Gasteiger partial charge in [-0.2, -0.15) is 0 Å². The van der Waals surface area contributed by atoms with E-state index in [0.717, 1.165) is 16.8 Å². The molecule has 0 fully saturated rings. The summed E-state index contributed by atoms with van der Waals surface area (Å²) in [6.45, 7) is 5.87. The Kier molecular flexibility index (Phi) is 5.74. The van der Waals surface area contributed by atoms with E-state index in [1.54, 1.807) is 0 Å². The minimum atomic E-state index is -0.448. The van der Waals surface area contributed by atoms with Crippen molar-refractivity contribution < 1.29 is 9.59 Å². The largest absolute Gasteiger partial charge is 0.355 e. The van der Waals surface area contributed by atoms with Crippen LogP contribution in [-0.2, 0) is 9.59 Å². The Hall–Kier alpha value is -2.62. The smallest absolute Gasteiger partial charge is 0.226 e. The molecule has 0 unspecified atom stereocenters. The predicted molar refractivity (Wildman–Crippen MR) is 97.6 cm³/mol. The molecule has 4 heteroatoms. The highest BCUT2D eigenvalue weighted by Crippen LogP contribution is 2.27. The van der Waals surface area contributed by atoms with Crippen LogP contribution in [0.5, 0.6) is 0 Å². The molecule has 2 N–H and O–H groups in total. The van der Waals surface area contributed by atoms with Crippen molar-refractivity contribution in [1.82, 2.24) is 5.32 Å². The summed E-state index contributed by atoms with van der Waals surface area (Å²) in [7, 11) is 0. The molecule has 2 amide bonds. The number of carbonyl (C=O) groups is 2. The molecule has 0 heterocycles. The fraction of sp³-hybridized carbons (Fsp3) is 0.300. The summed E-state index contributed by atoms with van der Waals surface area (Å²) in [6.07, 6.45) is 0.241. The van der Waals surface area contributed by atoms with Crippen molar-refractivity contribution in [2.45, 2.75) is 27.2 Å². The van der Waals surface area contributed by atoms with Crippen LogP contribution in [0.15, 0.2) is 54.6 Å². The van der Waals surface area contributed by atoms with Gasteiger partial charge in [0.1, 0.15) is 0 Å². The number of amides is 2. The number of nitrogens with one attached hydrogen (secondary N) is 2. The molecular formula is C20H24N2O2. The summed E-state index contributed by atoms with van der Waals surface area (Å²) in [5.41, 5.74) is 2.35. The molecule has 0 aliphatic heterocycles. The van der Waals surface area contributed by atoms with E-state index in [4.69, 9.17) is 0 Å². The van der Waals surface area contributed by atoms with E-state index in [1.807, 2.05) is 75.4 Å². The van der Waals surface area contributed by atoms with Crippen LogP contribution in [0.1, 0.15) is 27.2 Å². The van der Waals surface area contributed by atoms with Gasteiger partial charge in [0.2, 0.25) is 11.8 Å². The van der Waals surface area contributed by atoms with Crippen molar-refractivity contribution in [3.63, 3.8) is 0 Å². The quantitative estimate of drug-likeness (QED) is 0.878. The molecule has 0 aliphatic rings. The Labute approximate surface area is 143 Å². The van der Waals surface area contributed by atoms with Crippen molar-refractivity contribution in [3.05, 3.63) is 54.6 Å². The molecule has 0 aliphatic carbocycles. The average Bonchev–Trinajstić information content (AvgIpc) is 2.55. The van der Waals surface area contributed by atoms with Gasteiger partial charge in [0.25, 0.3) is 0 Å². The maximum atomic E-state index is 12.2. The maximum Gasteiger partial charge on any atom is 0.226 e. The molecule has 2 aromatic rings. The highest BCUT2D eigenvalue weighted by atomic mass is 16.2. The Bertz CT molecular complexity index is 703. The van der Waals surface area contributed by atoms with Crippen LogP contribution in [0.4, 0.5) is 5.69 Å². The number of hydrogen-bond donors (Lipinski definition) is 2. The second kappa shape index (κ2) is 7.77. The fourth-order valence-electron chi connectivity index (χ4n) is 2.23. The van der Waals surface area contributed by atoms with Crippen molar-refractivity contribution in [3.8, 4) is 11.1 Å². The number of para-hydroxylation sites is 1. The molecule has 0 bridgehead atoms. The lowest BCUT2D eigenvalue weighted by Crippen LogP contribution is -2.36. The van der Waals surface area contributed by atoms with Gasteiger partial charge in [-0.25, -0.2) is 0 Å². The van der Waals surface area contributed by atoms with Crippen LogP contribution in [-0.4, -0.2) is 18.4 Å². The van der Waals surface area contributed by atoms with Crippen LogP contribution >= 0.6 is 0 Å². The first-order valence-electron chi connectivity index (χ1n) is 8.10. The molecule has 0 aromatic heterocycles. The van der Waals surface area contributed by atoms with Gasteiger partial charge < -0.3 is 10.6 Å². The first kappa shape index (κ1) is 17.7. The topological polar surface area (TPSA) is 58.2 Å². The Balaban J connectivity index is 1.97. The standard InChI is InChI=1S/C20H24N2O2/c1-20(2,3)19(24)21-14-13-18(23)22-17-12-8-7-11-16(17)15-9-5-4-6-10-15/h4-12H,13-14H2,1-3H3,(H,21,24)(H,22,23). The number of carbonyl (C=O) groups excluding carboxylic acids is 2. The lowest BCUT2D eigenvalue weighted by molar-refractivity contribution is -0.128. The third-order valence-corrected chi connectivity index (χ3v) is 3.60. The van der Waals surface area contributed by atoms with Crippen LogP contribution in [0.25, 0.3) is 11.1 Å². The molecule has 0 saturated heterocycles. The van der Waals surface area contributed by atoms with Crippen LogP contribution in [0.2, 0.25) is 0 Å². The summed E-state index contributed by atoms with van der Waals surface area (Å²) in [5.74, 6) is -0.174. The van der Waals surface area contributed by atoms with Crippen molar-refractivity contribution >= 4 is 17.5 Å². The summed E-state index contributed by atoms with van der Waals surface area (Å²) in [6, 6.07) is 17.6. The molecule has 0 radical (unpaired) electrons. The fourth-order valence-corrected chi connectivity index (χ4v) is 2.23. The lowest BCUT2D eigenvalue weighted by atomic mass is 9.96. The zero-order valence-electron chi connectivity index (χ0n) is 14.4. The SMILES string of the molecule is CC(C)(C)C(=O)NCCC(=O)Nc1ccccc1-c1ccccc1. The average molecular weight is 324 g/mol. The first-order chi connectivity index (χ1) is 11.4. The zero-order valence-corrected chi connectivity index (χ0v) is 14.4. The molecule has 24 heavy (non-hydrogen) atoms. The summed E-state index contributed by atoms with van der Waals surface area (Å²) in [5, 5.41) is 5.72. The van der Waals surface area contributed by atoms with Gasteiger partial charge >= 0.3 is 0 Å². The molecule has 2 aromatic carbocycles. The lowest BCUT2D eigenvalue weighted by Gasteiger charge is -2.17. The molecule has 4 nitrogen and oxygen atoms in total. The van der Waals surface area contributed by atoms with E-state index in [1.165, 1.54) is 0 Å².